The molecule has 1 aromatic carbocycles. The van der Waals surface area contributed by atoms with Gasteiger partial charge >= 0.3 is 13.5 Å². The molecule has 16 heteroatoms. The molecule has 1 fully saturated rings. The number of methoxy groups -OCH3 is 1. The highest BCUT2D eigenvalue weighted by atomic mass is 31.2. The average molecular weight is 511 g/mol. The van der Waals surface area contributed by atoms with Gasteiger partial charge in [0.05, 0.1) is 25.6 Å². The van der Waals surface area contributed by atoms with Crippen molar-refractivity contribution in [1.29, 1.82) is 0 Å². The second-order valence-corrected chi connectivity index (χ2v) is 8.95. The molecule has 3 heterocycles. The van der Waals surface area contributed by atoms with E-state index in [-0.39, 0.29) is 22.5 Å². The van der Waals surface area contributed by atoms with Crippen LogP contribution in [0.25, 0.3) is 11.2 Å². The summed E-state index contributed by atoms with van der Waals surface area (Å²) in [4.78, 5) is 44.8. The Morgan fingerprint density at radius 1 is 1.29 bits per heavy atom. The summed E-state index contributed by atoms with van der Waals surface area (Å²) in [7, 11) is -1.97. The van der Waals surface area contributed by atoms with E-state index in [1.807, 2.05) is 0 Å². The minimum atomic E-state index is -4.35. The number of fused-ring (bicyclic) bond motifs is 1. The number of phosphoric acid groups is 1. The molecule has 15 nitrogen and oxygen atoms in total. The third-order valence-electron chi connectivity index (χ3n) is 5.28. The Kier molecular flexibility index (Phi) is 7.00. The number of ether oxygens (including phenoxy) is 2. The number of anilines is 1. The molecule has 3 aromatic rings. The van der Waals surface area contributed by atoms with E-state index in [2.05, 4.69) is 24.8 Å². The van der Waals surface area contributed by atoms with E-state index >= 15 is 0 Å². The maximum Gasteiger partial charge on any atom is 0.472 e. The molecule has 0 bridgehead atoms. The van der Waals surface area contributed by atoms with Crippen molar-refractivity contribution in [1.82, 2.24) is 19.5 Å². The number of amides is 1. The van der Waals surface area contributed by atoms with Crippen LogP contribution in [0.5, 0.6) is 5.75 Å². The highest BCUT2D eigenvalue weighted by Gasteiger charge is 2.45. The Labute approximate surface area is 196 Å². The molecule has 5 atom stereocenters. The number of para-hydroxylation sites is 1. The first-order valence-corrected chi connectivity index (χ1v) is 11.6. The lowest BCUT2D eigenvalue weighted by Crippen LogP contribution is -2.33. The van der Waals surface area contributed by atoms with Gasteiger partial charge in [0, 0.05) is 7.11 Å². The number of aromatic nitrogens is 4. The fourth-order valence-corrected chi connectivity index (χ4v) is 3.98. The second-order valence-electron chi connectivity index (χ2n) is 7.39. The van der Waals surface area contributed by atoms with Crippen molar-refractivity contribution < 1.29 is 43.0 Å². The third-order valence-corrected chi connectivity index (χ3v) is 6.21. The Bertz CT molecular complexity index is 1340. The first kappa shape index (κ1) is 24.9. The Morgan fingerprint density at radius 3 is 2.74 bits per heavy atom. The van der Waals surface area contributed by atoms with E-state index in [1.54, 1.807) is 18.2 Å². The topological polar surface area (TPSA) is 207 Å². The number of carbonyl (C=O) groups excluding carboxylic acids is 1. The molecule has 5 N–H and O–H groups in total. The molecule has 0 saturated carbocycles. The molecule has 0 spiro atoms. The Hall–Kier alpha value is -3.17. The number of aliphatic hydroxyl groups is 2. The van der Waals surface area contributed by atoms with Gasteiger partial charge in [-0.1, -0.05) is 12.1 Å². The van der Waals surface area contributed by atoms with Crippen LogP contribution in [0.15, 0.2) is 35.4 Å². The van der Waals surface area contributed by atoms with Crippen molar-refractivity contribution in [3.05, 3.63) is 46.6 Å². The zero-order valence-electron chi connectivity index (χ0n) is 18.4. The lowest BCUT2D eigenvalue weighted by Gasteiger charge is -2.17. The number of benzene rings is 1. The van der Waals surface area contributed by atoms with Gasteiger partial charge in [-0.15, -0.1) is 0 Å². The lowest BCUT2D eigenvalue weighted by molar-refractivity contribution is -0.0509. The van der Waals surface area contributed by atoms with E-state index in [1.165, 1.54) is 24.1 Å². The molecule has 0 aliphatic carbocycles. The quantitative estimate of drug-likeness (QED) is 0.248. The largest absolute Gasteiger partial charge is 0.496 e. The first-order chi connectivity index (χ1) is 16.6. The number of carbonyl (C=O) groups is 1. The molecular formula is C19H22N5O10P. The molecule has 35 heavy (non-hydrogen) atoms. The van der Waals surface area contributed by atoms with Gasteiger partial charge in [0.25, 0.3) is 5.91 Å². The van der Waals surface area contributed by atoms with Gasteiger partial charge in [-0.3, -0.25) is 23.4 Å². The molecule has 0 radical (unpaired) electrons. The summed E-state index contributed by atoms with van der Waals surface area (Å²) in [5.41, 5.74) is -0.620. The fraction of sp³-hybridized carbons (Fsp3) is 0.368. The number of phosphoric ester groups is 1. The number of nitrogens with one attached hydrogen (secondary N) is 2. The molecule has 4 rings (SSSR count). The zero-order valence-corrected chi connectivity index (χ0v) is 19.3. The standard InChI is InChI=1S/C19H22N5O10P/c1-31-10-6-4-3-5-9(10)17(27)21-15-12-16(23-19(28)22-15)24(8-20-12)18-14(26)13(25)11(34-18)7-33-35(29,30)32-2/h3-6,8,11,13-14,18,25-26H,7H2,1-2H3,(H,29,30)(H2,21,22,23,27,28)/t11-,13-,14-,18-/m1/s1. The van der Waals surface area contributed by atoms with Crippen LogP contribution < -0.4 is 15.7 Å². The van der Waals surface area contributed by atoms with Crippen molar-refractivity contribution in [3.8, 4) is 5.75 Å². The van der Waals surface area contributed by atoms with Crippen LogP contribution in [0.1, 0.15) is 16.6 Å². The minimum Gasteiger partial charge on any atom is -0.496 e. The van der Waals surface area contributed by atoms with Crippen molar-refractivity contribution in [2.45, 2.75) is 24.5 Å². The van der Waals surface area contributed by atoms with Crippen molar-refractivity contribution >= 4 is 30.7 Å². The number of imidazole rings is 1. The van der Waals surface area contributed by atoms with Crippen LogP contribution in [0.4, 0.5) is 5.82 Å². The zero-order chi connectivity index (χ0) is 25.3. The summed E-state index contributed by atoms with van der Waals surface area (Å²) in [5.74, 6) is -0.339. The summed E-state index contributed by atoms with van der Waals surface area (Å²) >= 11 is 0. The normalized spacial score (nSPS) is 23.8. The Morgan fingerprint density at radius 2 is 2.03 bits per heavy atom. The number of rotatable bonds is 8. The van der Waals surface area contributed by atoms with Gasteiger partial charge in [-0.25, -0.2) is 14.3 Å². The van der Waals surface area contributed by atoms with Crippen LogP contribution >= 0.6 is 7.82 Å². The van der Waals surface area contributed by atoms with Gasteiger partial charge in [0.1, 0.15) is 35.4 Å². The van der Waals surface area contributed by atoms with Crippen LogP contribution in [-0.2, 0) is 18.3 Å². The maximum atomic E-state index is 12.8. The minimum absolute atomic E-state index is 0.0633. The van der Waals surface area contributed by atoms with Crippen molar-refractivity contribution in [2.75, 3.05) is 26.1 Å². The lowest BCUT2D eigenvalue weighted by atomic mass is 10.1. The summed E-state index contributed by atoms with van der Waals surface area (Å²) in [6, 6.07) is 6.47. The molecular weight excluding hydrogens is 489 g/mol. The summed E-state index contributed by atoms with van der Waals surface area (Å²) in [6.07, 6.45) is -4.35. The monoisotopic (exact) mass is 511 g/mol. The van der Waals surface area contributed by atoms with E-state index in [0.29, 0.717) is 5.75 Å². The highest BCUT2D eigenvalue weighted by molar-refractivity contribution is 7.47. The molecule has 1 aliphatic rings. The predicted molar refractivity (Wildman–Crippen MR) is 118 cm³/mol. The molecule has 1 aliphatic heterocycles. The third kappa shape index (κ3) is 4.97. The molecule has 2 aromatic heterocycles. The van der Waals surface area contributed by atoms with Gasteiger partial charge in [0.2, 0.25) is 0 Å². The van der Waals surface area contributed by atoms with Crippen LogP contribution in [0.3, 0.4) is 0 Å². The predicted octanol–water partition coefficient (Wildman–Crippen LogP) is -0.237. The average Bonchev–Trinajstić information content (AvgIpc) is 3.38. The number of aromatic amines is 1. The van der Waals surface area contributed by atoms with Crippen LogP contribution in [-0.4, -0.2) is 79.7 Å². The SMILES string of the molecule is COc1ccccc1C(=O)Nc1[nH]c(=O)nc2c1ncn2[C@@H]1O[C@H](COP(=O)(O)OC)[C@@H](O)[C@H]1O. The molecule has 1 saturated heterocycles. The number of H-pyrrole nitrogens is 1. The molecule has 1 unspecified atom stereocenters. The van der Waals surface area contributed by atoms with Crippen LogP contribution in [0.2, 0.25) is 0 Å². The summed E-state index contributed by atoms with van der Waals surface area (Å²) in [6.45, 7) is -0.572. The van der Waals surface area contributed by atoms with Gasteiger partial charge in [-0.05, 0) is 12.1 Å². The Balaban J connectivity index is 1.62. The molecule has 188 valence electrons. The highest BCUT2D eigenvalue weighted by Crippen LogP contribution is 2.43. The van der Waals surface area contributed by atoms with Gasteiger partial charge < -0.3 is 29.9 Å². The number of hydrogen-bond acceptors (Lipinski definition) is 11. The fourth-order valence-electron chi connectivity index (χ4n) is 3.54. The summed E-state index contributed by atoms with van der Waals surface area (Å²) in [5, 5.41) is 23.4. The van der Waals surface area contributed by atoms with E-state index in [9.17, 15) is 29.3 Å². The number of aliphatic hydroxyl groups excluding tert-OH is 2. The molecule has 1 amide bonds. The van der Waals surface area contributed by atoms with Gasteiger partial charge in [0.15, 0.2) is 11.9 Å². The maximum absolute atomic E-state index is 12.8. The van der Waals surface area contributed by atoms with Gasteiger partial charge in [-0.2, -0.15) is 4.98 Å². The van der Waals surface area contributed by atoms with Crippen LogP contribution in [0, 0.1) is 0 Å². The van der Waals surface area contributed by atoms with E-state index in [0.717, 1.165) is 7.11 Å². The van der Waals surface area contributed by atoms with E-state index < -0.39 is 50.6 Å². The van der Waals surface area contributed by atoms with Crippen molar-refractivity contribution in [3.63, 3.8) is 0 Å². The van der Waals surface area contributed by atoms with Crippen molar-refractivity contribution in [2.24, 2.45) is 0 Å². The van der Waals surface area contributed by atoms with E-state index in [4.69, 9.17) is 14.0 Å². The number of hydrogen-bond donors (Lipinski definition) is 5. The summed E-state index contributed by atoms with van der Waals surface area (Å²) < 4.78 is 32.5. The second kappa shape index (κ2) is 9.83. The smallest absolute Gasteiger partial charge is 0.472 e. The first-order valence-electron chi connectivity index (χ1n) is 10.1. The number of nitrogens with zero attached hydrogens (tertiary/aromatic N) is 3.